The van der Waals surface area contributed by atoms with Crippen LogP contribution < -0.4 is 20.1 Å². The monoisotopic (exact) mass is 566 g/mol. The molecule has 1 heterocycles. The zero-order chi connectivity index (χ0) is 28.7. The van der Waals surface area contributed by atoms with Crippen LogP contribution in [0.4, 0.5) is 0 Å². The fourth-order valence-electron chi connectivity index (χ4n) is 8.22. The van der Waals surface area contributed by atoms with Gasteiger partial charge in [-0.2, -0.15) is 0 Å². The third-order valence-electron chi connectivity index (χ3n) is 10.8. The Morgan fingerprint density at radius 3 is 1.86 bits per heavy atom. The van der Waals surface area contributed by atoms with Gasteiger partial charge in [-0.1, -0.05) is 111 Å². The second-order valence-corrected chi connectivity index (χ2v) is 17.2. The molecule has 0 spiro atoms. The molecule has 4 aromatic carbocycles. The van der Waals surface area contributed by atoms with Crippen molar-refractivity contribution in [3.05, 3.63) is 120 Å². The highest BCUT2D eigenvalue weighted by atomic mass is 28.3. The molecule has 5 aromatic rings. The van der Waals surface area contributed by atoms with Crippen molar-refractivity contribution >= 4 is 34.4 Å². The summed E-state index contributed by atoms with van der Waals surface area (Å²) >= 11 is 0. The van der Waals surface area contributed by atoms with Gasteiger partial charge in [0.2, 0.25) is 5.69 Å². The summed E-state index contributed by atoms with van der Waals surface area (Å²) in [4.78, 5) is 0. The zero-order valence-electron chi connectivity index (χ0n) is 25.6. The van der Waals surface area contributed by atoms with Gasteiger partial charge in [0.1, 0.15) is 15.1 Å². The first kappa shape index (κ1) is 27.3. The van der Waals surface area contributed by atoms with Crippen molar-refractivity contribution in [2.75, 3.05) is 0 Å². The first-order valence-corrected chi connectivity index (χ1v) is 18.7. The number of aryl methyl sites for hydroxylation is 1. The molecule has 0 bridgehead atoms. The van der Waals surface area contributed by atoms with E-state index in [9.17, 15) is 0 Å². The van der Waals surface area contributed by atoms with Crippen LogP contribution in [-0.4, -0.2) is 8.07 Å². The summed E-state index contributed by atoms with van der Waals surface area (Å²) in [7, 11) is 0.0660. The Morgan fingerprint density at radius 1 is 0.643 bits per heavy atom. The molecule has 0 saturated heterocycles. The number of fused-ring (bicyclic) bond motifs is 1. The Labute approximate surface area is 253 Å². The molecule has 0 atom stereocenters. The average molecular weight is 567 g/mol. The molecule has 2 aliphatic rings. The Hall–Kier alpha value is -3.49. The first-order chi connectivity index (χ1) is 20.5. The lowest BCUT2D eigenvalue weighted by Gasteiger charge is -2.30. The van der Waals surface area contributed by atoms with Gasteiger partial charge >= 0.3 is 0 Å². The third kappa shape index (κ3) is 4.74. The van der Waals surface area contributed by atoms with E-state index in [0.717, 1.165) is 11.8 Å². The summed E-state index contributed by atoms with van der Waals surface area (Å²) in [6.45, 7) is 4.93. The molecule has 0 aliphatic heterocycles. The second kappa shape index (κ2) is 11.3. The Morgan fingerprint density at radius 2 is 1.24 bits per heavy atom. The predicted octanol–water partition coefficient (Wildman–Crippen LogP) is 8.05. The Kier molecular flexibility index (Phi) is 7.36. The highest BCUT2D eigenvalue weighted by Crippen LogP contribution is 2.43. The molecule has 42 heavy (non-hydrogen) atoms. The molecule has 0 unspecified atom stereocenters. The average Bonchev–Trinajstić information content (AvgIpc) is 3.77. The summed E-state index contributed by atoms with van der Waals surface area (Å²) < 4.78 is 2.38. The molecular weight excluding hydrogens is 523 g/mol. The number of nitrogens with zero attached hydrogens (tertiary/aromatic N) is 1. The lowest BCUT2D eigenvalue weighted by Crippen LogP contribution is -2.64. The van der Waals surface area contributed by atoms with Gasteiger partial charge in [0.15, 0.2) is 6.20 Å². The van der Waals surface area contributed by atoms with Gasteiger partial charge < -0.3 is 0 Å². The van der Waals surface area contributed by atoms with Crippen LogP contribution >= 0.6 is 0 Å². The minimum absolute atomic E-state index is 0.722. The smallest absolute Gasteiger partial charge is 0.200 e. The maximum Gasteiger partial charge on any atom is 0.220 e. The summed E-state index contributed by atoms with van der Waals surface area (Å²) in [6.07, 6.45) is 13.2. The van der Waals surface area contributed by atoms with E-state index in [4.69, 9.17) is 0 Å². The molecule has 2 aliphatic carbocycles. The molecule has 212 valence electrons. The van der Waals surface area contributed by atoms with Crippen LogP contribution in [0.2, 0.25) is 6.55 Å². The van der Waals surface area contributed by atoms with Crippen molar-refractivity contribution in [2.24, 2.45) is 7.05 Å². The molecule has 2 heteroatoms. The topological polar surface area (TPSA) is 3.88 Å². The predicted molar refractivity (Wildman–Crippen MR) is 181 cm³/mol. The van der Waals surface area contributed by atoms with E-state index in [0.29, 0.717) is 0 Å². The van der Waals surface area contributed by atoms with Crippen LogP contribution in [0.15, 0.2) is 103 Å². The number of hydrogen-bond donors (Lipinski definition) is 0. The van der Waals surface area contributed by atoms with Crippen LogP contribution in [0.5, 0.6) is 0 Å². The molecule has 0 amide bonds. The van der Waals surface area contributed by atoms with Gasteiger partial charge in [-0.05, 0) is 94.2 Å². The first-order valence-electron chi connectivity index (χ1n) is 16.2. The van der Waals surface area contributed by atoms with Crippen LogP contribution in [0.1, 0.15) is 79.9 Å². The molecule has 1 aromatic heterocycles. The molecule has 1 nitrogen and oxygen atoms in total. The third-order valence-corrected chi connectivity index (χ3v) is 15.2. The van der Waals surface area contributed by atoms with E-state index < -0.39 is 8.07 Å². The van der Waals surface area contributed by atoms with Gasteiger partial charge in [-0.25, -0.2) is 4.57 Å². The Bertz CT molecular complexity index is 1670. The van der Waals surface area contributed by atoms with E-state index >= 15 is 0 Å². The quantitative estimate of drug-likeness (QED) is 0.111. The highest BCUT2D eigenvalue weighted by Gasteiger charge is 2.35. The summed E-state index contributed by atoms with van der Waals surface area (Å²) in [5.41, 5.74) is 7.56. The summed E-state index contributed by atoms with van der Waals surface area (Å²) in [5, 5.41) is 7.09. The standard InChI is InChI=1S/C40H44NSi/c1-29-38(31-16-12-13-17-31)27-33(30-14-10-11-15-30)28-39(29)40-37-23-22-36(26-32(37)24-25-41(40)2)42(3,34-18-6-4-7-19-34)35-20-8-5-9-21-35/h4-9,18-28,30-31H,10-17H2,1-3H3/q+1. The highest BCUT2D eigenvalue weighted by molar-refractivity contribution is 7.10. The number of aromatic nitrogens is 1. The van der Waals surface area contributed by atoms with Gasteiger partial charge in [0, 0.05) is 6.07 Å². The lowest BCUT2D eigenvalue weighted by atomic mass is 9.84. The van der Waals surface area contributed by atoms with Crippen molar-refractivity contribution in [1.82, 2.24) is 0 Å². The SMILES string of the molecule is Cc1c(-c2c3ccc([Si](C)(c4ccccc4)c4ccccc4)cc3cc[n+]2C)cc(C2CCCC2)cc1C1CCCC1. The molecule has 7 rings (SSSR count). The number of benzene rings is 4. The minimum atomic E-state index is -2.18. The van der Waals surface area contributed by atoms with Gasteiger partial charge in [0.05, 0.1) is 10.9 Å². The molecule has 2 fully saturated rings. The van der Waals surface area contributed by atoms with Crippen molar-refractivity contribution in [1.29, 1.82) is 0 Å². The molecule has 0 radical (unpaired) electrons. The van der Waals surface area contributed by atoms with Crippen molar-refractivity contribution in [3.63, 3.8) is 0 Å². The maximum absolute atomic E-state index is 2.63. The Balaban J connectivity index is 1.42. The van der Waals surface area contributed by atoms with Crippen molar-refractivity contribution < 1.29 is 4.57 Å². The van der Waals surface area contributed by atoms with Crippen LogP contribution in [-0.2, 0) is 7.05 Å². The van der Waals surface area contributed by atoms with Crippen LogP contribution in [0.25, 0.3) is 22.0 Å². The molecule has 2 saturated carbocycles. The van der Waals surface area contributed by atoms with Crippen LogP contribution in [0, 0.1) is 6.92 Å². The zero-order valence-corrected chi connectivity index (χ0v) is 26.6. The fourth-order valence-corrected chi connectivity index (χ4v) is 11.8. The van der Waals surface area contributed by atoms with Crippen LogP contribution in [0.3, 0.4) is 0 Å². The fraction of sp³-hybridized carbons (Fsp3) is 0.325. The molecule has 0 N–H and O–H groups in total. The van der Waals surface area contributed by atoms with Crippen molar-refractivity contribution in [2.45, 2.75) is 76.7 Å². The maximum atomic E-state index is 2.63. The summed E-state index contributed by atoms with van der Waals surface area (Å²) in [6, 6.07) is 37.4. The van der Waals surface area contributed by atoms with Gasteiger partial charge in [-0.15, -0.1) is 0 Å². The largest absolute Gasteiger partial charge is 0.220 e. The summed E-state index contributed by atoms with van der Waals surface area (Å²) in [5.74, 6) is 1.44. The number of rotatable bonds is 6. The van der Waals surface area contributed by atoms with E-state index in [2.05, 4.69) is 128 Å². The van der Waals surface area contributed by atoms with E-state index in [-0.39, 0.29) is 0 Å². The van der Waals surface area contributed by atoms with Crippen molar-refractivity contribution in [3.8, 4) is 11.3 Å². The van der Waals surface area contributed by atoms with Gasteiger partial charge in [-0.3, -0.25) is 0 Å². The normalized spacial score (nSPS) is 16.5. The van der Waals surface area contributed by atoms with Gasteiger partial charge in [0.25, 0.3) is 0 Å². The number of hydrogen-bond acceptors (Lipinski definition) is 0. The van der Waals surface area contributed by atoms with E-state index in [1.165, 1.54) is 94.5 Å². The lowest BCUT2D eigenvalue weighted by molar-refractivity contribution is -0.659. The minimum Gasteiger partial charge on any atom is -0.200 e. The number of pyridine rings is 1. The van der Waals surface area contributed by atoms with E-state index in [1.54, 1.807) is 11.1 Å². The second-order valence-electron chi connectivity index (χ2n) is 13.2. The molecular formula is C40H44NSi+. The van der Waals surface area contributed by atoms with E-state index in [1.807, 2.05) is 0 Å².